The standard InChI is InChI=1S/C10H9N3O.C8H18O3.C6H7N.C5H6N2OS.C4H4N2OS.2K.H2O/c14-9-6-7-11-10(13-9)12-8-4-2-1-3-5-8;1-3-9-5-7-11-8-6-10-4-2;7-6-4-2-1-3-5-6;1-9-5-6-3-2-4(8)7-5;7-3-1-2-5-4(8)6-3;;;/h1-7H,(H2,11,12,13,14);3-8H2,1-2H3;1-5H,7H2;2-3H,1H3,(H,6,7,8);1-2H,(H2,5,6,7,8);;;1H2. The van der Waals surface area contributed by atoms with Gasteiger partial charge in [-0.2, -0.15) is 0 Å². The Bertz CT molecular complexity index is 1730. The zero-order valence-electron chi connectivity index (χ0n) is 30.2. The molecule has 274 valence electrons. The third-order valence-electron chi connectivity index (χ3n) is 5.19. The predicted molar refractivity (Wildman–Crippen MR) is 213 cm³/mol. The summed E-state index contributed by atoms with van der Waals surface area (Å²) in [6.45, 7) is 8.16. The van der Waals surface area contributed by atoms with Crippen LogP contribution in [0.3, 0.4) is 0 Å². The minimum absolute atomic E-state index is 0. The summed E-state index contributed by atoms with van der Waals surface area (Å²) in [6.07, 6.45) is 6.31. The van der Waals surface area contributed by atoms with Gasteiger partial charge in [-0.15, -0.1) is 0 Å². The Morgan fingerprint density at radius 2 is 1.23 bits per heavy atom. The summed E-state index contributed by atoms with van der Waals surface area (Å²) in [5, 5.41) is 3.63. The van der Waals surface area contributed by atoms with Crippen molar-refractivity contribution in [3.63, 3.8) is 0 Å². The Morgan fingerprint density at radius 1 is 0.731 bits per heavy atom. The number of thioether (sulfide) groups is 1. The number of ether oxygens (including phenoxy) is 3. The molecule has 0 spiro atoms. The number of aromatic nitrogens is 6. The maximum atomic E-state index is 10.9. The van der Waals surface area contributed by atoms with E-state index in [9.17, 15) is 14.4 Å². The molecule has 0 fully saturated rings. The van der Waals surface area contributed by atoms with E-state index in [2.05, 4.69) is 47.4 Å². The van der Waals surface area contributed by atoms with Crippen LogP contribution in [0, 0.1) is 4.77 Å². The average Bonchev–Trinajstić information content (AvgIpc) is 3.14. The second-order valence-electron chi connectivity index (χ2n) is 8.93. The van der Waals surface area contributed by atoms with Crippen LogP contribution in [-0.4, -0.2) is 144 Å². The van der Waals surface area contributed by atoms with Gasteiger partial charge >= 0.3 is 63.2 Å². The fourth-order valence-electron chi connectivity index (χ4n) is 3.01. The van der Waals surface area contributed by atoms with E-state index in [4.69, 9.17) is 19.9 Å². The van der Waals surface area contributed by atoms with Crippen molar-refractivity contribution in [1.82, 2.24) is 29.9 Å². The number of benzene rings is 2. The number of aromatic amines is 4. The van der Waals surface area contributed by atoms with Crippen LogP contribution in [0.25, 0.3) is 0 Å². The molecule has 0 saturated heterocycles. The molecule has 2 aromatic carbocycles. The van der Waals surface area contributed by atoms with E-state index in [-0.39, 0.29) is 22.2 Å². The summed E-state index contributed by atoms with van der Waals surface area (Å²) >= 11 is 8.50. The third kappa shape index (κ3) is 31.9. The van der Waals surface area contributed by atoms with Gasteiger partial charge in [-0.1, -0.05) is 48.2 Å². The second-order valence-corrected chi connectivity index (χ2v) is 10.1. The molecule has 15 nitrogen and oxygen atoms in total. The molecule has 9 N–H and O–H groups in total. The van der Waals surface area contributed by atoms with Gasteiger partial charge in [-0.3, -0.25) is 24.4 Å². The Balaban J connectivity index is 0. The van der Waals surface area contributed by atoms with Crippen LogP contribution in [0.15, 0.2) is 117 Å². The number of H-pyrrole nitrogens is 4. The molecule has 0 radical (unpaired) electrons. The average molecular weight is 809 g/mol. The number of para-hydroxylation sites is 2. The minimum atomic E-state index is -0.172. The molecular formula is C33H46K2N8O7S2. The van der Waals surface area contributed by atoms with Gasteiger partial charge in [-0.05, 0) is 56.6 Å². The van der Waals surface area contributed by atoms with Crippen molar-refractivity contribution < 1.29 is 19.7 Å². The molecule has 0 aliphatic heterocycles. The van der Waals surface area contributed by atoms with E-state index in [1.54, 1.807) is 0 Å². The van der Waals surface area contributed by atoms with Crippen LogP contribution in [0.2, 0.25) is 0 Å². The quantitative estimate of drug-likeness (QED) is 0.0282. The van der Waals surface area contributed by atoms with Crippen molar-refractivity contribution in [3.05, 3.63) is 133 Å². The molecule has 0 unspecified atom stereocenters. The van der Waals surface area contributed by atoms with Gasteiger partial charge in [0.25, 0.3) is 16.7 Å². The number of nitrogens with two attached hydrogens (primary N) is 1. The van der Waals surface area contributed by atoms with Crippen molar-refractivity contribution in [2.24, 2.45) is 0 Å². The van der Waals surface area contributed by atoms with Crippen molar-refractivity contribution in [1.29, 1.82) is 0 Å². The molecule has 5 rings (SSSR count). The molecule has 3 heterocycles. The Morgan fingerprint density at radius 3 is 1.63 bits per heavy atom. The first kappa shape index (κ1) is 52.5. The fourth-order valence-corrected chi connectivity index (χ4v) is 3.55. The zero-order valence-corrected chi connectivity index (χ0v) is 38.1. The van der Waals surface area contributed by atoms with Crippen molar-refractivity contribution in [2.45, 2.75) is 19.0 Å². The zero-order chi connectivity index (χ0) is 38.0. The van der Waals surface area contributed by atoms with Crippen LogP contribution in [0.5, 0.6) is 0 Å². The summed E-state index contributed by atoms with van der Waals surface area (Å²) < 4.78 is 15.7. The number of nitrogen functional groups attached to an aromatic ring is 1. The molecular weight excluding hydrogens is 763 g/mol. The summed E-state index contributed by atoms with van der Waals surface area (Å²) in [7, 11) is 0. The summed E-state index contributed by atoms with van der Waals surface area (Å²) in [6, 6.07) is 23.1. The van der Waals surface area contributed by atoms with Gasteiger partial charge in [-0.25, -0.2) is 9.97 Å². The first-order valence-corrected chi connectivity index (χ1v) is 33.7. The van der Waals surface area contributed by atoms with E-state index in [1.807, 2.05) is 80.8 Å². The Hall–Kier alpha value is -1.64. The third-order valence-corrected chi connectivity index (χ3v) is 6.00. The van der Waals surface area contributed by atoms with Crippen LogP contribution in [-0.2, 0) is 14.2 Å². The number of nitrogens with one attached hydrogen (secondary N) is 5. The molecule has 3 aromatic heterocycles. The SMILES string of the molecule is CCOCCOCCOCC.CSc1nccc(=O)[nH]1.Nc1ccccc1.O.O=c1cc[nH]c(=S)[nH]1.O=c1ccnc(Nc2ccccc2)[nH]1.[K][K]. The number of hydrogen-bond acceptors (Lipinski definition) is 12. The molecule has 0 aliphatic carbocycles. The molecule has 52 heavy (non-hydrogen) atoms. The van der Waals surface area contributed by atoms with Gasteiger partial charge in [0, 0.05) is 61.4 Å². The van der Waals surface area contributed by atoms with Crippen molar-refractivity contribution in [2.75, 3.05) is 56.9 Å². The molecule has 0 bridgehead atoms. The van der Waals surface area contributed by atoms with E-state index in [1.165, 1.54) is 112 Å². The molecule has 5 aromatic rings. The van der Waals surface area contributed by atoms with Gasteiger partial charge in [0.2, 0.25) is 5.95 Å². The normalized spacial score (nSPS) is 9.13. The topological polar surface area (TPSA) is 237 Å². The summed E-state index contributed by atoms with van der Waals surface area (Å²) in [4.78, 5) is 49.8. The van der Waals surface area contributed by atoms with Gasteiger partial charge in [0.05, 0.1) is 26.4 Å². The van der Waals surface area contributed by atoms with E-state index >= 15 is 0 Å². The fraction of sp³-hybridized carbons (Fsp3) is 0.273. The van der Waals surface area contributed by atoms with Crippen molar-refractivity contribution in [3.8, 4) is 0 Å². The first-order valence-electron chi connectivity index (χ1n) is 16.1. The molecule has 19 heteroatoms. The van der Waals surface area contributed by atoms with E-state index < -0.39 is 0 Å². The van der Waals surface area contributed by atoms with E-state index in [0.717, 1.165) is 24.6 Å². The number of anilines is 3. The molecule has 0 saturated carbocycles. The predicted octanol–water partition coefficient (Wildman–Crippen LogP) is 3.20. The number of rotatable bonds is 11. The van der Waals surface area contributed by atoms with E-state index in [0.29, 0.717) is 42.3 Å². The Kier molecular flexibility index (Phi) is 38.0. The monoisotopic (exact) mass is 808 g/mol. The summed E-state index contributed by atoms with van der Waals surface area (Å²) in [5.41, 5.74) is 6.63. The van der Waals surface area contributed by atoms with Crippen LogP contribution < -0.4 is 27.7 Å². The second kappa shape index (κ2) is 37.7. The van der Waals surface area contributed by atoms with Gasteiger partial charge < -0.3 is 40.7 Å². The molecule has 0 atom stereocenters. The number of hydrogen-bond donors (Lipinski definition) is 6. The van der Waals surface area contributed by atoms with Gasteiger partial charge in [0.1, 0.15) is 0 Å². The summed E-state index contributed by atoms with van der Waals surface area (Å²) in [5.74, 6) is 0.448. The number of nitrogens with zero attached hydrogens (tertiary/aromatic N) is 2. The van der Waals surface area contributed by atoms with Crippen LogP contribution in [0.1, 0.15) is 13.8 Å². The molecule has 0 amide bonds. The molecule has 0 aliphatic rings. The van der Waals surface area contributed by atoms with Crippen molar-refractivity contribution >= 4 is 104 Å². The van der Waals surface area contributed by atoms with Gasteiger partial charge in [0.15, 0.2) is 9.93 Å². The Labute approximate surface area is 357 Å². The maximum absolute atomic E-state index is 10.9. The van der Waals surface area contributed by atoms with Crippen LogP contribution in [0.4, 0.5) is 17.3 Å². The van der Waals surface area contributed by atoms with Crippen LogP contribution >= 0.6 is 24.0 Å². The first-order chi connectivity index (χ1) is 24.8.